The first-order valence-electron chi connectivity index (χ1n) is 13.1. The molecule has 1 aliphatic carbocycles. The lowest BCUT2D eigenvalue weighted by Gasteiger charge is -2.45. The second kappa shape index (κ2) is 10.1. The molecule has 0 unspecified atom stereocenters. The smallest absolute Gasteiger partial charge is 0.271 e. The summed E-state index contributed by atoms with van der Waals surface area (Å²) in [5.74, 6) is -0.122. The van der Waals surface area contributed by atoms with Gasteiger partial charge in [0.2, 0.25) is 5.91 Å². The Kier molecular flexibility index (Phi) is 6.97. The minimum absolute atomic E-state index is 0.0335. The van der Waals surface area contributed by atoms with Crippen LogP contribution in [0.2, 0.25) is 0 Å². The molecule has 8 heteroatoms. The van der Waals surface area contributed by atoms with E-state index >= 15 is 0 Å². The van der Waals surface area contributed by atoms with Crippen molar-refractivity contribution in [3.05, 3.63) is 24.1 Å². The van der Waals surface area contributed by atoms with Crippen molar-refractivity contribution in [2.45, 2.75) is 76.4 Å². The van der Waals surface area contributed by atoms with Gasteiger partial charge in [-0.3, -0.25) is 14.5 Å². The summed E-state index contributed by atoms with van der Waals surface area (Å²) in [5.41, 5.74) is 1.24. The monoisotopic (exact) mass is 470 g/mol. The van der Waals surface area contributed by atoms with Crippen LogP contribution in [0.5, 0.6) is 0 Å². The van der Waals surface area contributed by atoms with Gasteiger partial charge in [-0.2, -0.15) is 0 Å². The third-order valence-electron chi connectivity index (χ3n) is 7.94. The van der Waals surface area contributed by atoms with E-state index < -0.39 is 5.54 Å². The largest absolute Gasteiger partial charge is 0.463 e. The van der Waals surface area contributed by atoms with Crippen LogP contribution in [0.15, 0.2) is 22.8 Å². The molecule has 3 aliphatic rings. The average molecular weight is 471 g/mol. The Morgan fingerprint density at radius 1 is 1.12 bits per heavy atom. The van der Waals surface area contributed by atoms with E-state index in [4.69, 9.17) is 9.15 Å². The second-order valence-corrected chi connectivity index (χ2v) is 10.3. The lowest BCUT2D eigenvalue weighted by molar-refractivity contribution is -0.133. The molecular weight excluding hydrogens is 432 g/mol. The zero-order valence-corrected chi connectivity index (χ0v) is 20.4. The standard InChI is InChI=1S/C26H38N4O4/c1-26(25(32)27-20-8-5-3-2-4-6-9-20)19-29-21-10-15-34-23(21)18-22(29)24(31)30(26)12-7-11-28-13-16-33-17-14-28/h10,15,18,20H,2-9,11-14,16-17,19H2,1H3,(H,27,32)/t26-/m0/s1. The Balaban J connectivity index is 1.36. The quantitative estimate of drug-likeness (QED) is 0.700. The van der Waals surface area contributed by atoms with Crippen LogP contribution in [0.1, 0.15) is 68.8 Å². The molecule has 8 nitrogen and oxygen atoms in total. The number of furan rings is 1. The molecule has 1 N–H and O–H groups in total. The van der Waals surface area contributed by atoms with Gasteiger partial charge >= 0.3 is 0 Å². The summed E-state index contributed by atoms with van der Waals surface area (Å²) in [6.45, 7) is 7.20. The fourth-order valence-corrected chi connectivity index (χ4v) is 5.84. The molecule has 1 atom stereocenters. The molecule has 5 rings (SSSR count). The number of hydrogen-bond donors (Lipinski definition) is 1. The molecule has 0 spiro atoms. The van der Waals surface area contributed by atoms with Crippen molar-refractivity contribution in [3.8, 4) is 0 Å². The molecule has 0 aromatic carbocycles. The van der Waals surface area contributed by atoms with Gasteiger partial charge < -0.3 is 23.9 Å². The fraction of sp³-hybridized carbons (Fsp3) is 0.692. The van der Waals surface area contributed by atoms with Gasteiger partial charge in [-0.05, 0) is 26.2 Å². The summed E-state index contributed by atoms with van der Waals surface area (Å²) >= 11 is 0. The predicted octanol–water partition coefficient (Wildman–Crippen LogP) is 3.40. The molecule has 2 fully saturated rings. The molecule has 2 aromatic heterocycles. The van der Waals surface area contributed by atoms with Crippen LogP contribution < -0.4 is 5.32 Å². The van der Waals surface area contributed by atoms with Crippen LogP contribution in [0.4, 0.5) is 0 Å². The van der Waals surface area contributed by atoms with Crippen molar-refractivity contribution in [2.75, 3.05) is 39.4 Å². The Morgan fingerprint density at radius 2 is 1.85 bits per heavy atom. The second-order valence-electron chi connectivity index (χ2n) is 10.3. The van der Waals surface area contributed by atoms with E-state index in [9.17, 15) is 9.59 Å². The Bertz CT molecular complexity index is 1000. The lowest BCUT2D eigenvalue weighted by Crippen LogP contribution is -2.65. The van der Waals surface area contributed by atoms with E-state index in [1.807, 2.05) is 28.5 Å². The highest BCUT2D eigenvalue weighted by atomic mass is 16.5. The third-order valence-corrected chi connectivity index (χ3v) is 7.94. The van der Waals surface area contributed by atoms with Crippen molar-refractivity contribution in [3.63, 3.8) is 0 Å². The van der Waals surface area contributed by atoms with Gasteiger partial charge in [-0.1, -0.05) is 32.1 Å². The molecule has 2 amide bonds. The number of carbonyl (C=O) groups excluding carboxylic acids is 2. The number of nitrogens with one attached hydrogen (secondary N) is 1. The number of fused-ring (bicyclic) bond motifs is 3. The van der Waals surface area contributed by atoms with Crippen molar-refractivity contribution < 1.29 is 18.7 Å². The SMILES string of the molecule is C[C@@]1(C(=O)NC2CCCCCCC2)Cn2c(cc3occc32)C(=O)N1CCCN1CCOCC1. The summed E-state index contributed by atoms with van der Waals surface area (Å²) in [5, 5.41) is 3.36. The van der Waals surface area contributed by atoms with E-state index in [1.165, 1.54) is 19.3 Å². The number of amides is 2. The number of nitrogens with zero attached hydrogens (tertiary/aromatic N) is 3. The first-order valence-corrected chi connectivity index (χ1v) is 13.1. The molecule has 1 saturated heterocycles. The highest BCUT2D eigenvalue weighted by molar-refractivity contribution is 6.02. The Labute approximate surface area is 201 Å². The van der Waals surface area contributed by atoms with Crippen LogP contribution >= 0.6 is 0 Å². The Hall–Kier alpha value is -2.32. The van der Waals surface area contributed by atoms with Crippen molar-refractivity contribution in [1.29, 1.82) is 0 Å². The number of carbonyl (C=O) groups is 2. The molecule has 2 aromatic rings. The predicted molar refractivity (Wildman–Crippen MR) is 130 cm³/mol. The number of hydrogen-bond acceptors (Lipinski definition) is 5. The van der Waals surface area contributed by atoms with Gasteiger partial charge in [-0.25, -0.2) is 0 Å². The van der Waals surface area contributed by atoms with Crippen molar-refractivity contribution in [2.24, 2.45) is 0 Å². The van der Waals surface area contributed by atoms with Gasteiger partial charge in [0.15, 0.2) is 5.58 Å². The molecular formula is C26H38N4O4. The minimum atomic E-state index is -0.944. The highest BCUT2D eigenvalue weighted by Gasteiger charge is 2.48. The molecule has 0 bridgehead atoms. The molecule has 0 radical (unpaired) electrons. The number of ether oxygens (including phenoxy) is 1. The molecule has 4 heterocycles. The lowest BCUT2D eigenvalue weighted by atomic mass is 9.92. The normalized spacial score (nSPS) is 25.2. The fourth-order valence-electron chi connectivity index (χ4n) is 5.84. The van der Waals surface area contributed by atoms with Gasteiger partial charge in [0.05, 0.1) is 31.5 Å². The topological polar surface area (TPSA) is 80.0 Å². The highest BCUT2D eigenvalue weighted by Crippen LogP contribution is 2.33. The van der Waals surface area contributed by atoms with Crippen LogP contribution in [0.25, 0.3) is 11.1 Å². The van der Waals surface area contributed by atoms with Gasteiger partial charge in [-0.15, -0.1) is 0 Å². The number of morpholine rings is 1. The van der Waals surface area contributed by atoms with Crippen LogP contribution in [0, 0.1) is 0 Å². The van der Waals surface area contributed by atoms with E-state index in [-0.39, 0.29) is 17.9 Å². The summed E-state index contributed by atoms with van der Waals surface area (Å²) < 4.78 is 13.0. The first kappa shape index (κ1) is 23.4. The Morgan fingerprint density at radius 3 is 2.62 bits per heavy atom. The summed E-state index contributed by atoms with van der Waals surface area (Å²) in [7, 11) is 0. The van der Waals surface area contributed by atoms with Crippen LogP contribution in [-0.4, -0.2) is 77.2 Å². The van der Waals surface area contributed by atoms with E-state index in [0.717, 1.165) is 70.5 Å². The molecule has 2 aliphatic heterocycles. The van der Waals surface area contributed by atoms with Crippen molar-refractivity contribution >= 4 is 22.9 Å². The molecule has 1 saturated carbocycles. The maximum Gasteiger partial charge on any atom is 0.271 e. The van der Waals surface area contributed by atoms with Crippen molar-refractivity contribution in [1.82, 2.24) is 19.7 Å². The number of aromatic nitrogens is 1. The summed E-state index contributed by atoms with van der Waals surface area (Å²) in [4.78, 5) is 31.8. The number of rotatable bonds is 6. The minimum Gasteiger partial charge on any atom is -0.463 e. The summed E-state index contributed by atoms with van der Waals surface area (Å²) in [6.07, 6.45) is 10.6. The zero-order valence-electron chi connectivity index (χ0n) is 20.4. The van der Waals surface area contributed by atoms with E-state index in [2.05, 4.69) is 10.2 Å². The molecule has 186 valence electrons. The third kappa shape index (κ3) is 4.62. The summed E-state index contributed by atoms with van der Waals surface area (Å²) in [6, 6.07) is 3.89. The average Bonchev–Trinajstić information content (AvgIpc) is 3.41. The van der Waals surface area contributed by atoms with Crippen LogP contribution in [0.3, 0.4) is 0 Å². The van der Waals surface area contributed by atoms with Crippen LogP contribution in [-0.2, 0) is 16.1 Å². The van der Waals surface area contributed by atoms with E-state index in [0.29, 0.717) is 24.4 Å². The first-order chi connectivity index (χ1) is 16.6. The zero-order chi connectivity index (χ0) is 23.5. The van der Waals surface area contributed by atoms with E-state index in [1.54, 1.807) is 6.26 Å². The van der Waals surface area contributed by atoms with Gasteiger partial charge in [0.25, 0.3) is 5.91 Å². The maximum atomic E-state index is 13.8. The van der Waals surface area contributed by atoms with Gasteiger partial charge in [0, 0.05) is 44.4 Å². The maximum absolute atomic E-state index is 13.8. The molecule has 34 heavy (non-hydrogen) atoms. The van der Waals surface area contributed by atoms with Gasteiger partial charge in [0.1, 0.15) is 11.2 Å².